The van der Waals surface area contributed by atoms with Gasteiger partial charge in [-0.1, -0.05) is 11.8 Å². The molecule has 1 aliphatic heterocycles. The van der Waals surface area contributed by atoms with E-state index in [9.17, 15) is 13.2 Å². The van der Waals surface area contributed by atoms with Crippen LogP contribution in [0.15, 0.2) is 23.2 Å². The SMILES string of the molecule is CC1CCSC(Nc2ccc(C#N)c(C(F)(F)F)c2)=N1. The van der Waals surface area contributed by atoms with Crippen molar-refractivity contribution in [3.63, 3.8) is 0 Å². The summed E-state index contributed by atoms with van der Waals surface area (Å²) in [6.45, 7) is 1.96. The predicted octanol–water partition coefficient (Wildman–Crippen LogP) is 3.87. The lowest BCUT2D eigenvalue weighted by Gasteiger charge is -2.18. The normalized spacial score (nSPS) is 19.1. The Labute approximate surface area is 118 Å². The minimum atomic E-state index is -4.54. The molecule has 0 fully saturated rings. The summed E-state index contributed by atoms with van der Waals surface area (Å²) < 4.78 is 38.5. The van der Waals surface area contributed by atoms with Crippen LogP contribution in [-0.2, 0) is 6.18 Å². The molecule has 1 aromatic rings. The first-order valence-corrected chi connectivity index (χ1v) is 6.97. The lowest BCUT2D eigenvalue weighted by molar-refractivity contribution is -0.137. The maximum Gasteiger partial charge on any atom is 0.417 e. The summed E-state index contributed by atoms with van der Waals surface area (Å²) in [4.78, 5) is 4.33. The standard InChI is InChI=1S/C13H12F3N3S/c1-8-4-5-20-12(18-8)19-10-3-2-9(7-17)11(6-10)13(14,15)16/h2-3,6,8H,4-5H2,1H3,(H,18,19). The Kier molecular flexibility index (Phi) is 4.23. The van der Waals surface area contributed by atoms with Gasteiger partial charge in [-0.05, 0) is 31.5 Å². The maximum absolute atomic E-state index is 12.8. The van der Waals surface area contributed by atoms with Crippen LogP contribution in [0.3, 0.4) is 0 Å². The molecule has 0 aliphatic carbocycles. The van der Waals surface area contributed by atoms with E-state index < -0.39 is 11.7 Å². The van der Waals surface area contributed by atoms with E-state index in [1.165, 1.54) is 23.9 Å². The summed E-state index contributed by atoms with van der Waals surface area (Å²) >= 11 is 1.48. The summed E-state index contributed by atoms with van der Waals surface area (Å²) in [6.07, 6.45) is -3.59. The molecule has 0 bridgehead atoms. The molecule has 2 rings (SSSR count). The van der Waals surface area contributed by atoms with Gasteiger partial charge in [0.15, 0.2) is 5.17 Å². The Hall–Kier alpha value is -1.68. The molecule has 0 saturated heterocycles. The lowest BCUT2D eigenvalue weighted by atomic mass is 10.1. The highest BCUT2D eigenvalue weighted by molar-refractivity contribution is 8.14. The van der Waals surface area contributed by atoms with Crippen molar-refractivity contribution >= 4 is 22.6 Å². The first kappa shape index (κ1) is 14.7. The molecule has 0 radical (unpaired) electrons. The first-order valence-electron chi connectivity index (χ1n) is 5.99. The molecule has 20 heavy (non-hydrogen) atoms. The van der Waals surface area contributed by atoms with Gasteiger partial charge >= 0.3 is 6.18 Å². The van der Waals surface area contributed by atoms with Gasteiger partial charge < -0.3 is 5.32 Å². The minimum Gasteiger partial charge on any atom is -0.335 e. The van der Waals surface area contributed by atoms with Crippen LogP contribution in [0, 0.1) is 11.3 Å². The van der Waals surface area contributed by atoms with Crippen LogP contribution in [0.1, 0.15) is 24.5 Å². The minimum absolute atomic E-state index is 0.166. The fraction of sp³-hybridized carbons (Fsp3) is 0.385. The molecule has 7 heteroatoms. The first-order chi connectivity index (χ1) is 9.40. The van der Waals surface area contributed by atoms with Crippen molar-refractivity contribution in [2.75, 3.05) is 11.1 Å². The molecule has 0 amide bonds. The van der Waals surface area contributed by atoms with Crippen molar-refractivity contribution in [1.29, 1.82) is 5.26 Å². The molecule has 0 aromatic heterocycles. The van der Waals surface area contributed by atoms with E-state index in [1.54, 1.807) is 6.07 Å². The number of anilines is 1. The van der Waals surface area contributed by atoms with Crippen molar-refractivity contribution in [3.05, 3.63) is 29.3 Å². The maximum atomic E-state index is 12.8. The highest BCUT2D eigenvalue weighted by atomic mass is 32.2. The number of benzene rings is 1. The molecule has 3 nitrogen and oxygen atoms in total. The quantitative estimate of drug-likeness (QED) is 0.856. The second kappa shape index (κ2) is 5.75. The summed E-state index contributed by atoms with van der Waals surface area (Å²) in [7, 11) is 0. The van der Waals surface area contributed by atoms with Crippen molar-refractivity contribution < 1.29 is 13.2 Å². The molecule has 1 unspecified atom stereocenters. The largest absolute Gasteiger partial charge is 0.417 e. The Morgan fingerprint density at radius 2 is 2.20 bits per heavy atom. The van der Waals surface area contributed by atoms with Crippen LogP contribution in [0.25, 0.3) is 0 Å². The summed E-state index contributed by atoms with van der Waals surface area (Å²) in [5, 5.41) is 12.2. The molecular weight excluding hydrogens is 287 g/mol. The highest BCUT2D eigenvalue weighted by Gasteiger charge is 2.33. The van der Waals surface area contributed by atoms with E-state index in [1.807, 2.05) is 6.92 Å². The van der Waals surface area contributed by atoms with Gasteiger partial charge in [0.05, 0.1) is 23.2 Å². The van der Waals surface area contributed by atoms with Crippen molar-refractivity contribution in [1.82, 2.24) is 0 Å². The summed E-state index contributed by atoms with van der Waals surface area (Å²) in [5.41, 5.74) is -1.02. The van der Waals surface area contributed by atoms with E-state index in [-0.39, 0.29) is 17.3 Å². The zero-order chi connectivity index (χ0) is 14.8. The fourth-order valence-corrected chi connectivity index (χ4v) is 2.87. The second-order valence-corrected chi connectivity index (χ2v) is 5.50. The van der Waals surface area contributed by atoms with Crippen LogP contribution < -0.4 is 5.32 Å². The van der Waals surface area contributed by atoms with Gasteiger partial charge in [0, 0.05) is 11.4 Å². The number of amidine groups is 1. The number of hydrogen-bond donors (Lipinski definition) is 1. The molecule has 1 aromatic carbocycles. The van der Waals surface area contributed by atoms with E-state index in [2.05, 4.69) is 10.3 Å². The molecule has 106 valence electrons. The van der Waals surface area contributed by atoms with Crippen LogP contribution in [-0.4, -0.2) is 17.0 Å². The molecular formula is C13H12F3N3S. The van der Waals surface area contributed by atoms with Crippen molar-refractivity contribution in [2.45, 2.75) is 25.6 Å². The fourth-order valence-electron chi connectivity index (χ4n) is 1.77. The van der Waals surface area contributed by atoms with Crippen LogP contribution in [0.4, 0.5) is 18.9 Å². The van der Waals surface area contributed by atoms with Gasteiger partial charge in [-0.25, -0.2) is 0 Å². The number of hydrogen-bond acceptors (Lipinski definition) is 4. The number of nitrogens with one attached hydrogen (secondary N) is 1. The second-order valence-electron chi connectivity index (χ2n) is 4.42. The number of nitriles is 1. The van der Waals surface area contributed by atoms with E-state index in [4.69, 9.17) is 5.26 Å². The zero-order valence-corrected chi connectivity index (χ0v) is 11.5. The number of rotatable bonds is 1. The van der Waals surface area contributed by atoms with Gasteiger partial charge in [0.25, 0.3) is 0 Å². The monoisotopic (exact) mass is 299 g/mol. The van der Waals surface area contributed by atoms with Gasteiger partial charge in [-0.15, -0.1) is 0 Å². The van der Waals surface area contributed by atoms with E-state index in [0.29, 0.717) is 5.17 Å². The molecule has 0 spiro atoms. The smallest absolute Gasteiger partial charge is 0.335 e. The third-order valence-electron chi connectivity index (χ3n) is 2.81. The van der Waals surface area contributed by atoms with Gasteiger partial charge in [0.2, 0.25) is 0 Å². The Morgan fingerprint density at radius 3 is 2.80 bits per heavy atom. The zero-order valence-electron chi connectivity index (χ0n) is 10.7. The third-order valence-corrected chi connectivity index (χ3v) is 3.73. The number of thioether (sulfide) groups is 1. The summed E-state index contributed by atoms with van der Waals surface area (Å²) in [6, 6.07) is 5.29. The Morgan fingerprint density at radius 1 is 1.45 bits per heavy atom. The van der Waals surface area contributed by atoms with Gasteiger partial charge in [-0.2, -0.15) is 18.4 Å². The lowest BCUT2D eigenvalue weighted by Crippen LogP contribution is -2.18. The van der Waals surface area contributed by atoms with Gasteiger partial charge in [-0.3, -0.25) is 4.99 Å². The molecule has 0 saturated carbocycles. The molecule has 1 aliphatic rings. The highest BCUT2D eigenvalue weighted by Crippen LogP contribution is 2.34. The number of aliphatic imine (C=N–C) groups is 1. The number of halogens is 3. The molecule has 1 atom stereocenters. The number of nitrogens with zero attached hydrogens (tertiary/aromatic N) is 2. The van der Waals surface area contributed by atoms with Crippen molar-refractivity contribution in [3.8, 4) is 6.07 Å². The van der Waals surface area contributed by atoms with E-state index >= 15 is 0 Å². The van der Waals surface area contributed by atoms with Crippen LogP contribution in [0.5, 0.6) is 0 Å². The molecule has 1 N–H and O–H groups in total. The average Bonchev–Trinajstić information content (AvgIpc) is 2.37. The van der Waals surface area contributed by atoms with Crippen LogP contribution >= 0.6 is 11.8 Å². The predicted molar refractivity (Wildman–Crippen MR) is 73.8 cm³/mol. The Balaban J connectivity index is 2.28. The topological polar surface area (TPSA) is 48.2 Å². The van der Waals surface area contributed by atoms with Crippen LogP contribution in [0.2, 0.25) is 0 Å². The van der Waals surface area contributed by atoms with E-state index in [0.717, 1.165) is 18.2 Å². The van der Waals surface area contributed by atoms with Crippen molar-refractivity contribution in [2.24, 2.45) is 4.99 Å². The number of alkyl halides is 3. The third kappa shape index (κ3) is 3.45. The van der Waals surface area contributed by atoms with Gasteiger partial charge in [0.1, 0.15) is 0 Å². The Bertz CT molecular complexity index is 575. The average molecular weight is 299 g/mol. The molecule has 1 heterocycles. The summed E-state index contributed by atoms with van der Waals surface area (Å²) in [5.74, 6) is 0.884.